The number of aromatic nitrogens is 2. The molecule has 2 N–H and O–H groups in total. The maximum Gasteiger partial charge on any atom is 0.272 e. The number of piperidine rings is 1. The van der Waals surface area contributed by atoms with Crippen molar-refractivity contribution >= 4 is 23.1 Å². The number of aryl methyl sites for hydroxylation is 2. The molecule has 1 fully saturated rings. The number of hydrogen-bond acceptors (Lipinski definition) is 3. The fourth-order valence-corrected chi connectivity index (χ4v) is 2.76. The number of amides is 1. The Morgan fingerprint density at radius 2 is 2.32 bits per heavy atom. The Labute approximate surface area is 118 Å². The lowest BCUT2D eigenvalue weighted by Gasteiger charge is -2.34. The summed E-state index contributed by atoms with van der Waals surface area (Å²) in [5, 5.41) is 4.32. The highest BCUT2D eigenvalue weighted by Gasteiger charge is 2.30. The summed E-state index contributed by atoms with van der Waals surface area (Å²) in [6, 6.07) is 1.74. The second-order valence-corrected chi connectivity index (χ2v) is 5.38. The maximum absolute atomic E-state index is 12.6. The van der Waals surface area contributed by atoms with Gasteiger partial charge in [0.15, 0.2) is 0 Å². The fraction of sp³-hybridized carbons (Fsp3) is 0.615. The summed E-state index contributed by atoms with van der Waals surface area (Å²) in [6.45, 7) is 2.74. The monoisotopic (exact) mass is 280 g/mol. The quantitative estimate of drug-likeness (QED) is 0.847. The van der Waals surface area contributed by atoms with E-state index in [4.69, 9.17) is 18.0 Å². The molecule has 5 nitrogen and oxygen atoms in total. The van der Waals surface area contributed by atoms with Crippen LogP contribution in [0.1, 0.15) is 42.4 Å². The average molecular weight is 280 g/mol. The minimum atomic E-state index is -0.115. The SMILES string of the molecule is CCc1cc(C(=O)N2CCCCC2C(N)=S)n(C)n1. The molecule has 1 aliphatic rings. The van der Waals surface area contributed by atoms with E-state index >= 15 is 0 Å². The first-order chi connectivity index (χ1) is 9.04. The third-order valence-electron chi connectivity index (χ3n) is 3.60. The highest BCUT2D eigenvalue weighted by atomic mass is 32.1. The predicted molar refractivity (Wildman–Crippen MR) is 78.0 cm³/mol. The second-order valence-electron chi connectivity index (χ2n) is 4.91. The van der Waals surface area contributed by atoms with Crippen LogP contribution in [0.2, 0.25) is 0 Å². The van der Waals surface area contributed by atoms with E-state index in [-0.39, 0.29) is 11.9 Å². The van der Waals surface area contributed by atoms with Crippen LogP contribution in [-0.2, 0) is 13.5 Å². The molecule has 6 heteroatoms. The first-order valence-electron chi connectivity index (χ1n) is 6.67. The van der Waals surface area contributed by atoms with E-state index in [0.29, 0.717) is 17.2 Å². The molecular weight excluding hydrogens is 260 g/mol. The van der Waals surface area contributed by atoms with E-state index in [0.717, 1.165) is 31.4 Å². The molecule has 104 valence electrons. The van der Waals surface area contributed by atoms with E-state index in [9.17, 15) is 4.79 Å². The van der Waals surface area contributed by atoms with Crippen LogP contribution in [0.5, 0.6) is 0 Å². The van der Waals surface area contributed by atoms with Gasteiger partial charge in [-0.05, 0) is 31.7 Å². The minimum absolute atomic E-state index is 0.0211. The normalized spacial score (nSPS) is 19.5. The van der Waals surface area contributed by atoms with Crippen molar-refractivity contribution in [3.63, 3.8) is 0 Å². The van der Waals surface area contributed by atoms with Gasteiger partial charge in [-0.2, -0.15) is 5.10 Å². The summed E-state index contributed by atoms with van der Waals surface area (Å²) in [7, 11) is 1.80. The number of hydrogen-bond donors (Lipinski definition) is 1. The van der Waals surface area contributed by atoms with Crippen molar-refractivity contribution in [2.24, 2.45) is 12.8 Å². The first-order valence-corrected chi connectivity index (χ1v) is 7.08. The molecule has 19 heavy (non-hydrogen) atoms. The van der Waals surface area contributed by atoms with Crippen molar-refractivity contribution in [3.8, 4) is 0 Å². The fourth-order valence-electron chi connectivity index (χ4n) is 2.52. The van der Waals surface area contributed by atoms with Crippen LogP contribution < -0.4 is 5.73 Å². The number of nitrogens with two attached hydrogens (primary N) is 1. The molecule has 0 aromatic carbocycles. The van der Waals surface area contributed by atoms with Gasteiger partial charge >= 0.3 is 0 Å². The maximum atomic E-state index is 12.6. The van der Waals surface area contributed by atoms with Gasteiger partial charge in [-0.15, -0.1) is 0 Å². The first kappa shape index (κ1) is 14.0. The molecule has 1 aliphatic heterocycles. The molecular formula is C13H20N4OS. The number of carbonyl (C=O) groups excluding carboxylic acids is 1. The molecule has 1 unspecified atom stereocenters. The summed E-state index contributed by atoms with van der Waals surface area (Å²) in [4.78, 5) is 14.8. The van der Waals surface area contributed by atoms with Gasteiger partial charge in [0.25, 0.3) is 5.91 Å². The summed E-state index contributed by atoms with van der Waals surface area (Å²) in [5.41, 5.74) is 7.29. The molecule has 0 radical (unpaired) electrons. The summed E-state index contributed by atoms with van der Waals surface area (Å²) >= 11 is 5.08. The molecule has 1 aromatic heterocycles. The molecule has 0 saturated carbocycles. The van der Waals surface area contributed by atoms with Crippen molar-refractivity contribution < 1.29 is 4.79 Å². The average Bonchev–Trinajstić information content (AvgIpc) is 2.79. The van der Waals surface area contributed by atoms with Gasteiger partial charge in [-0.3, -0.25) is 9.48 Å². The Balaban J connectivity index is 2.25. The van der Waals surface area contributed by atoms with Crippen LogP contribution in [-0.4, -0.2) is 38.2 Å². The Kier molecular flexibility index (Phi) is 4.19. The number of nitrogens with zero attached hydrogens (tertiary/aromatic N) is 3. The zero-order valence-corrected chi connectivity index (χ0v) is 12.2. The Morgan fingerprint density at radius 3 is 2.89 bits per heavy atom. The van der Waals surface area contributed by atoms with Crippen molar-refractivity contribution in [2.45, 2.75) is 38.6 Å². The lowest BCUT2D eigenvalue weighted by molar-refractivity contribution is 0.0670. The molecule has 1 atom stereocenters. The summed E-state index contributed by atoms with van der Waals surface area (Å²) < 4.78 is 1.65. The second kappa shape index (κ2) is 5.69. The molecule has 0 aliphatic carbocycles. The number of rotatable bonds is 3. The van der Waals surface area contributed by atoms with Crippen LogP contribution in [0.4, 0.5) is 0 Å². The van der Waals surface area contributed by atoms with Crippen LogP contribution in [0.3, 0.4) is 0 Å². The van der Waals surface area contributed by atoms with E-state index < -0.39 is 0 Å². The topological polar surface area (TPSA) is 64.2 Å². The molecule has 1 aromatic rings. The van der Waals surface area contributed by atoms with Crippen LogP contribution in [0.25, 0.3) is 0 Å². The Hall–Kier alpha value is -1.43. The van der Waals surface area contributed by atoms with Gasteiger partial charge in [-0.1, -0.05) is 19.1 Å². The van der Waals surface area contributed by atoms with Crippen molar-refractivity contribution in [1.29, 1.82) is 0 Å². The van der Waals surface area contributed by atoms with E-state index in [1.54, 1.807) is 16.6 Å². The summed E-state index contributed by atoms with van der Waals surface area (Å²) in [6.07, 6.45) is 3.75. The van der Waals surface area contributed by atoms with Gasteiger partial charge in [-0.25, -0.2) is 0 Å². The van der Waals surface area contributed by atoms with E-state index in [1.807, 2.05) is 13.0 Å². The predicted octanol–water partition coefficient (Wildman–Crippen LogP) is 1.26. The number of likely N-dealkylation sites (tertiary alicyclic amines) is 1. The van der Waals surface area contributed by atoms with Gasteiger partial charge in [0, 0.05) is 13.6 Å². The molecule has 2 rings (SSSR count). The summed E-state index contributed by atoms with van der Waals surface area (Å²) in [5.74, 6) is -0.0211. The van der Waals surface area contributed by atoms with Gasteiger partial charge in [0.1, 0.15) is 5.69 Å². The zero-order valence-electron chi connectivity index (χ0n) is 11.4. The lowest BCUT2D eigenvalue weighted by Crippen LogP contribution is -2.50. The number of thiocarbonyl (C=S) groups is 1. The van der Waals surface area contributed by atoms with E-state index in [2.05, 4.69) is 5.10 Å². The molecule has 1 amide bonds. The standard InChI is InChI=1S/C13H20N4OS/c1-3-9-8-11(16(2)15-9)13(18)17-7-5-4-6-10(17)12(14)19/h8,10H,3-7H2,1-2H3,(H2,14,19). The van der Waals surface area contributed by atoms with Gasteiger partial charge < -0.3 is 10.6 Å². The highest BCUT2D eigenvalue weighted by Crippen LogP contribution is 2.20. The smallest absolute Gasteiger partial charge is 0.272 e. The van der Waals surface area contributed by atoms with Crippen LogP contribution in [0.15, 0.2) is 6.07 Å². The molecule has 1 saturated heterocycles. The zero-order chi connectivity index (χ0) is 14.0. The Morgan fingerprint density at radius 1 is 1.58 bits per heavy atom. The number of carbonyl (C=O) groups is 1. The van der Waals surface area contributed by atoms with Crippen LogP contribution >= 0.6 is 12.2 Å². The Bertz CT molecular complexity index is 497. The molecule has 0 spiro atoms. The molecule has 2 heterocycles. The van der Waals surface area contributed by atoms with Gasteiger partial charge in [0.05, 0.1) is 16.7 Å². The third-order valence-corrected chi connectivity index (χ3v) is 3.88. The molecule has 0 bridgehead atoms. The van der Waals surface area contributed by atoms with E-state index in [1.165, 1.54) is 0 Å². The van der Waals surface area contributed by atoms with Crippen molar-refractivity contribution in [3.05, 3.63) is 17.5 Å². The van der Waals surface area contributed by atoms with Crippen LogP contribution in [0, 0.1) is 0 Å². The van der Waals surface area contributed by atoms with Crippen molar-refractivity contribution in [2.75, 3.05) is 6.54 Å². The third kappa shape index (κ3) is 2.78. The highest BCUT2D eigenvalue weighted by molar-refractivity contribution is 7.80. The van der Waals surface area contributed by atoms with Gasteiger partial charge in [0.2, 0.25) is 0 Å². The minimum Gasteiger partial charge on any atom is -0.392 e. The largest absolute Gasteiger partial charge is 0.392 e. The lowest BCUT2D eigenvalue weighted by atomic mass is 10.0. The van der Waals surface area contributed by atoms with Crippen molar-refractivity contribution in [1.82, 2.24) is 14.7 Å².